The second-order valence-electron chi connectivity index (χ2n) is 8.85. The molecule has 2 aromatic rings. The van der Waals surface area contributed by atoms with Gasteiger partial charge >= 0.3 is 11.5 Å². The predicted molar refractivity (Wildman–Crippen MR) is 100 cm³/mol. The van der Waals surface area contributed by atoms with Crippen molar-refractivity contribution in [2.45, 2.75) is 73.1 Å². The van der Waals surface area contributed by atoms with Gasteiger partial charge in [0.1, 0.15) is 0 Å². The van der Waals surface area contributed by atoms with Crippen LogP contribution in [0.2, 0.25) is 0 Å². The van der Waals surface area contributed by atoms with Crippen LogP contribution in [0.5, 0.6) is 0 Å². The number of benzene rings is 1. The topological polar surface area (TPSA) is 11.3 Å². The molecule has 0 radical (unpaired) electrons. The van der Waals surface area contributed by atoms with Gasteiger partial charge in [0.05, 0.1) is 10.8 Å². The molecule has 0 aliphatic rings. The van der Waals surface area contributed by atoms with E-state index in [1.54, 1.807) is 0 Å². The zero-order valence-corrected chi connectivity index (χ0v) is 16.2. The Morgan fingerprint density at radius 2 is 1.04 bits per heavy atom. The van der Waals surface area contributed by atoms with E-state index in [0.29, 0.717) is 0 Å². The summed E-state index contributed by atoms with van der Waals surface area (Å²) in [6.45, 7) is 19.8. The van der Waals surface area contributed by atoms with Gasteiger partial charge in [-0.25, -0.2) is 4.42 Å². The monoisotopic (exact) mass is 311 g/mol. The van der Waals surface area contributed by atoms with Crippen molar-refractivity contribution < 1.29 is 4.42 Å². The Morgan fingerprint density at radius 3 is 1.39 bits per heavy atom. The van der Waals surface area contributed by atoms with Gasteiger partial charge in [-0.05, 0) is 79.0 Å². The molecule has 0 atom stereocenters. The van der Waals surface area contributed by atoms with Crippen molar-refractivity contribution in [2.24, 2.45) is 0 Å². The normalized spacial score (nSPS) is 12.6. The highest BCUT2D eigenvalue weighted by molar-refractivity contribution is 5.72. The third kappa shape index (κ3) is 3.83. The molecule has 1 aromatic carbocycles. The molecule has 0 spiro atoms. The third-order valence-corrected chi connectivity index (χ3v) is 4.24. The van der Waals surface area contributed by atoms with E-state index in [-0.39, 0.29) is 10.8 Å². The quantitative estimate of drug-likeness (QED) is 0.530. The van der Waals surface area contributed by atoms with Crippen molar-refractivity contribution in [3.05, 3.63) is 52.5 Å². The van der Waals surface area contributed by atoms with E-state index in [4.69, 9.17) is 4.42 Å². The van der Waals surface area contributed by atoms with Crippen LogP contribution in [0.15, 0.2) is 28.7 Å². The van der Waals surface area contributed by atoms with Gasteiger partial charge in [0.2, 0.25) is 0 Å². The number of hydrogen-bond donors (Lipinski definition) is 0. The first-order chi connectivity index (χ1) is 10.4. The predicted octanol–water partition coefficient (Wildman–Crippen LogP) is 6.75. The van der Waals surface area contributed by atoms with Crippen molar-refractivity contribution in [3.8, 4) is 11.1 Å². The van der Waals surface area contributed by atoms with E-state index in [9.17, 15) is 0 Å². The van der Waals surface area contributed by atoms with Crippen LogP contribution in [-0.4, -0.2) is 0 Å². The van der Waals surface area contributed by atoms with Gasteiger partial charge < -0.3 is 0 Å². The van der Waals surface area contributed by atoms with E-state index in [1.165, 1.54) is 27.8 Å². The molecule has 0 saturated heterocycles. The summed E-state index contributed by atoms with van der Waals surface area (Å²) in [7, 11) is 0. The first-order valence-corrected chi connectivity index (χ1v) is 8.47. The van der Waals surface area contributed by atoms with Crippen molar-refractivity contribution in [1.82, 2.24) is 0 Å². The summed E-state index contributed by atoms with van der Waals surface area (Å²) in [6.07, 6.45) is 0. The lowest BCUT2D eigenvalue weighted by atomic mass is 9.86. The van der Waals surface area contributed by atoms with Crippen molar-refractivity contribution in [3.63, 3.8) is 0 Å². The van der Waals surface area contributed by atoms with E-state index < -0.39 is 0 Å². The summed E-state index contributed by atoms with van der Waals surface area (Å²) in [6, 6.07) is 8.97. The number of aryl methyl sites for hydroxylation is 3. The van der Waals surface area contributed by atoms with Crippen LogP contribution in [0.1, 0.15) is 69.8 Å². The fraction of sp³-hybridized carbons (Fsp3) is 0.500. The number of hydrogen-bond acceptors (Lipinski definition) is 0. The SMILES string of the molecule is Cc1cc(C)c(-c2cc(C(C)(C)C)[o+]c(C(C)(C)C)c2)c(C)c1. The highest BCUT2D eigenvalue weighted by Crippen LogP contribution is 2.36. The molecule has 23 heavy (non-hydrogen) atoms. The van der Waals surface area contributed by atoms with E-state index in [2.05, 4.69) is 86.6 Å². The molecule has 0 unspecified atom stereocenters. The zero-order valence-electron chi connectivity index (χ0n) is 16.2. The van der Waals surface area contributed by atoms with Crippen molar-refractivity contribution in [2.75, 3.05) is 0 Å². The molecule has 0 fully saturated rings. The molecule has 1 aromatic heterocycles. The van der Waals surface area contributed by atoms with Crippen LogP contribution in [0.4, 0.5) is 0 Å². The molecular formula is C22H31O+. The lowest BCUT2D eigenvalue weighted by Gasteiger charge is -2.17. The molecule has 1 heteroatoms. The Labute approximate surface area is 141 Å². The van der Waals surface area contributed by atoms with Gasteiger partial charge in [-0.3, -0.25) is 0 Å². The minimum absolute atomic E-state index is 0.0114. The molecule has 1 heterocycles. The second-order valence-corrected chi connectivity index (χ2v) is 8.85. The average molecular weight is 311 g/mol. The number of rotatable bonds is 1. The van der Waals surface area contributed by atoms with E-state index in [1.807, 2.05) is 0 Å². The summed E-state index contributed by atoms with van der Waals surface area (Å²) < 4.78 is 6.27. The second kappa shape index (κ2) is 5.78. The van der Waals surface area contributed by atoms with Gasteiger partial charge in [0, 0.05) is 17.7 Å². The Hall–Kier alpha value is -1.63. The van der Waals surface area contributed by atoms with E-state index >= 15 is 0 Å². The molecule has 124 valence electrons. The smallest absolute Gasteiger partial charge is 0.217 e. The van der Waals surface area contributed by atoms with Gasteiger partial charge in [0.15, 0.2) is 0 Å². The Kier molecular flexibility index (Phi) is 4.45. The summed E-state index contributed by atoms with van der Waals surface area (Å²) in [5.41, 5.74) is 6.55. The molecule has 1 nitrogen and oxygen atoms in total. The lowest BCUT2D eigenvalue weighted by Crippen LogP contribution is -2.16. The Balaban J connectivity index is 2.78. The van der Waals surface area contributed by atoms with Gasteiger partial charge in [-0.1, -0.05) is 17.7 Å². The molecule has 0 aliphatic heterocycles. The highest BCUT2D eigenvalue weighted by atomic mass is 16.3. The minimum Gasteiger partial charge on any atom is -0.217 e. The van der Waals surface area contributed by atoms with Gasteiger partial charge in [0.25, 0.3) is 0 Å². The minimum atomic E-state index is -0.0114. The maximum Gasteiger partial charge on any atom is 0.335 e. The average Bonchev–Trinajstić information content (AvgIpc) is 2.35. The molecule has 0 amide bonds. The summed E-state index contributed by atoms with van der Waals surface area (Å²) in [5.74, 6) is 2.08. The summed E-state index contributed by atoms with van der Waals surface area (Å²) >= 11 is 0. The van der Waals surface area contributed by atoms with Crippen LogP contribution in [0.25, 0.3) is 11.1 Å². The Bertz CT molecular complexity index is 669. The standard InChI is InChI=1S/C22H31O/c1-14-10-15(2)20(16(3)11-14)17-12-18(21(4,5)6)23-19(13-17)22(7,8)9/h10-13H,1-9H3/q+1. The fourth-order valence-corrected chi connectivity index (χ4v) is 3.02. The maximum absolute atomic E-state index is 6.27. The summed E-state index contributed by atoms with van der Waals surface area (Å²) in [4.78, 5) is 0. The third-order valence-electron chi connectivity index (χ3n) is 4.24. The highest BCUT2D eigenvalue weighted by Gasteiger charge is 2.34. The van der Waals surface area contributed by atoms with Crippen LogP contribution in [0, 0.1) is 20.8 Å². The molecule has 0 saturated carbocycles. The molecule has 0 bridgehead atoms. The first-order valence-electron chi connectivity index (χ1n) is 8.47. The molecule has 2 rings (SSSR count). The van der Waals surface area contributed by atoms with Crippen molar-refractivity contribution in [1.29, 1.82) is 0 Å². The zero-order chi connectivity index (χ0) is 17.6. The van der Waals surface area contributed by atoms with Gasteiger partial charge in [-0.2, -0.15) is 0 Å². The molecule has 0 aliphatic carbocycles. The largest absolute Gasteiger partial charge is 0.335 e. The maximum atomic E-state index is 6.27. The molecular weight excluding hydrogens is 280 g/mol. The van der Waals surface area contributed by atoms with Crippen LogP contribution in [-0.2, 0) is 10.8 Å². The molecule has 0 N–H and O–H groups in total. The van der Waals surface area contributed by atoms with Crippen LogP contribution >= 0.6 is 0 Å². The van der Waals surface area contributed by atoms with Gasteiger partial charge in [-0.15, -0.1) is 0 Å². The van der Waals surface area contributed by atoms with Crippen LogP contribution < -0.4 is 0 Å². The lowest BCUT2D eigenvalue weighted by molar-refractivity contribution is 0.329. The summed E-state index contributed by atoms with van der Waals surface area (Å²) in [5, 5.41) is 0. The Morgan fingerprint density at radius 1 is 0.652 bits per heavy atom. The first kappa shape index (κ1) is 17.7. The van der Waals surface area contributed by atoms with Crippen LogP contribution in [0.3, 0.4) is 0 Å². The van der Waals surface area contributed by atoms with E-state index in [0.717, 1.165) is 11.5 Å². The fourth-order valence-electron chi connectivity index (χ4n) is 3.02. The van der Waals surface area contributed by atoms with Crippen molar-refractivity contribution >= 4 is 0 Å².